The maximum atomic E-state index is 13.2. The molecule has 0 saturated carbocycles. The van der Waals surface area contributed by atoms with Crippen molar-refractivity contribution in [2.75, 3.05) is 18.5 Å². The minimum absolute atomic E-state index is 0.0326. The summed E-state index contributed by atoms with van der Waals surface area (Å²) in [5.41, 5.74) is 3.08. The van der Waals surface area contributed by atoms with Crippen LogP contribution in [0.5, 0.6) is 5.88 Å². The van der Waals surface area contributed by atoms with E-state index in [0.717, 1.165) is 28.6 Å². The van der Waals surface area contributed by atoms with Gasteiger partial charge in [-0.1, -0.05) is 24.3 Å². The van der Waals surface area contributed by atoms with E-state index in [9.17, 15) is 18.3 Å². The normalized spacial score (nSPS) is 14.2. The number of halogens is 3. The molecule has 4 rings (SSSR count). The molecule has 0 spiro atoms. The molecule has 0 amide bonds. The van der Waals surface area contributed by atoms with E-state index in [1.165, 1.54) is 0 Å². The van der Waals surface area contributed by atoms with Gasteiger partial charge in [0.2, 0.25) is 11.8 Å². The standard InChI is InChI=1S/C22H21F3N4O3/c1-13-6-16(10-30)28-19(7-13)15-4-2-14(3-5-15)8-26-21-27-9-18(22(23,24)25)20(29-21)32-17-11-31-12-17/h2-7,9,17,30H,8,10-12H2,1H3,(H,26,27,29). The molecule has 0 unspecified atom stereocenters. The molecule has 3 heterocycles. The Morgan fingerprint density at radius 1 is 1.16 bits per heavy atom. The second-order valence-electron chi connectivity index (χ2n) is 7.42. The average Bonchev–Trinajstić information content (AvgIpc) is 2.74. The first-order valence-corrected chi connectivity index (χ1v) is 9.92. The van der Waals surface area contributed by atoms with Crippen LogP contribution in [-0.4, -0.2) is 39.4 Å². The van der Waals surface area contributed by atoms with Crippen LogP contribution in [-0.2, 0) is 24.1 Å². The van der Waals surface area contributed by atoms with Gasteiger partial charge in [0.15, 0.2) is 0 Å². The van der Waals surface area contributed by atoms with Gasteiger partial charge < -0.3 is 19.9 Å². The highest BCUT2D eigenvalue weighted by molar-refractivity contribution is 5.60. The number of hydrogen-bond donors (Lipinski definition) is 2. The van der Waals surface area contributed by atoms with E-state index < -0.39 is 23.7 Å². The molecule has 1 fully saturated rings. The molecule has 32 heavy (non-hydrogen) atoms. The van der Waals surface area contributed by atoms with Crippen molar-refractivity contribution in [1.82, 2.24) is 15.0 Å². The molecule has 0 radical (unpaired) electrons. The molecule has 1 saturated heterocycles. The Bertz CT molecular complexity index is 1090. The van der Waals surface area contributed by atoms with E-state index in [2.05, 4.69) is 20.3 Å². The van der Waals surface area contributed by atoms with E-state index in [4.69, 9.17) is 9.47 Å². The number of aryl methyl sites for hydroxylation is 1. The summed E-state index contributed by atoms with van der Waals surface area (Å²) in [6, 6.07) is 11.3. The number of aromatic nitrogens is 3. The zero-order valence-electron chi connectivity index (χ0n) is 17.2. The number of alkyl halides is 3. The minimum atomic E-state index is -4.62. The third kappa shape index (κ3) is 5.14. The molecule has 2 N–H and O–H groups in total. The molecule has 1 aromatic carbocycles. The molecule has 10 heteroatoms. The summed E-state index contributed by atoms with van der Waals surface area (Å²) in [5.74, 6) is -0.478. The molecule has 7 nitrogen and oxygen atoms in total. The lowest BCUT2D eigenvalue weighted by molar-refractivity contribution is -0.142. The number of rotatable bonds is 7. The second-order valence-corrected chi connectivity index (χ2v) is 7.42. The van der Waals surface area contributed by atoms with Crippen molar-refractivity contribution >= 4 is 5.95 Å². The van der Waals surface area contributed by atoms with Crippen molar-refractivity contribution in [3.8, 4) is 17.1 Å². The Labute approximate surface area is 182 Å². The number of nitrogens with zero attached hydrogens (tertiary/aromatic N) is 3. The van der Waals surface area contributed by atoms with Gasteiger partial charge in [-0.3, -0.25) is 4.98 Å². The number of benzene rings is 1. The van der Waals surface area contributed by atoms with Gasteiger partial charge in [0.05, 0.1) is 31.2 Å². The first kappa shape index (κ1) is 22.0. The Morgan fingerprint density at radius 2 is 1.91 bits per heavy atom. The Balaban J connectivity index is 1.46. The van der Waals surface area contributed by atoms with Gasteiger partial charge >= 0.3 is 6.18 Å². The third-order valence-corrected chi connectivity index (χ3v) is 4.83. The van der Waals surface area contributed by atoms with E-state index in [-0.39, 0.29) is 25.8 Å². The number of aliphatic hydroxyl groups is 1. The maximum absolute atomic E-state index is 13.2. The van der Waals surface area contributed by atoms with Crippen LogP contribution in [0.25, 0.3) is 11.3 Å². The molecule has 2 aromatic heterocycles. The van der Waals surface area contributed by atoms with Crippen LogP contribution in [0.2, 0.25) is 0 Å². The number of ether oxygens (including phenoxy) is 2. The lowest BCUT2D eigenvalue weighted by atomic mass is 10.1. The van der Waals surface area contributed by atoms with Gasteiger partial charge in [-0.25, -0.2) is 4.98 Å². The van der Waals surface area contributed by atoms with Crippen LogP contribution in [0.1, 0.15) is 22.4 Å². The summed E-state index contributed by atoms with van der Waals surface area (Å²) in [5, 5.41) is 12.3. The number of pyridine rings is 1. The fourth-order valence-electron chi connectivity index (χ4n) is 3.12. The lowest BCUT2D eigenvalue weighted by Crippen LogP contribution is -2.39. The highest BCUT2D eigenvalue weighted by Crippen LogP contribution is 2.36. The monoisotopic (exact) mass is 446 g/mol. The van der Waals surface area contributed by atoms with Crippen molar-refractivity contribution in [3.05, 3.63) is 65.0 Å². The molecule has 168 valence electrons. The third-order valence-electron chi connectivity index (χ3n) is 4.83. The van der Waals surface area contributed by atoms with E-state index in [1.807, 2.05) is 43.3 Å². The predicted molar refractivity (Wildman–Crippen MR) is 110 cm³/mol. The minimum Gasteiger partial charge on any atom is -0.469 e. The Morgan fingerprint density at radius 3 is 2.53 bits per heavy atom. The van der Waals surface area contributed by atoms with Gasteiger partial charge in [-0.05, 0) is 30.2 Å². The van der Waals surface area contributed by atoms with Crippen molar-refractivity contribution in [2.45, 2.75) is 32.4 Å². The largest absolute Gasteiger partial charge is 0.469 e. The van der Waals surface area contributed by atoms with E-state index in [1.54, 1.807) is 0 Å². The summed E-state index contributed by atoms with van der Waals surface area (Å²) in [4.78, 5) is 12.1. The average molecular weight is 446 g/mol. The topological polar surface area (TPSA) is 89.4 Å². The van der Waals surface area contributed by atoms with Gasteiger partial charge in [-0.2, -0.15) is 18.2 Å². The summed E-state index contributed by atoms with van der Waals surface area (Å²) in [6.45, 7) is 2.56. The van der Waals surface area contributed by atoms with Crippen molar-refractivity contribution in [2.24, 2.45) is 0 Å². The highest BCUT2D eigenvalue weighted by atomic mass is 19.4. The highest BCUT2D eigenvalue weighted by Gasteiger charge is 2.37. The van der Waals surface area contributed by atoms with Gasteiger partial charge in [0.25, 0.3) is 0 Å². The lowest BCUT2D eigenvalue weighted by Gasteiger charge is -2.27. The zero-order valence-corrected chi connectivity index (χ0v) is 17.2. The smallest absolute Gasteiger partial charge is 0.423 e. The van der Waals surface area contributed by atoms with Crippen molar-refractivity contribution < 1.29 is 27.8 Å². The zero-order chi connectivity index (χ0) is 22.7. The fourth-order valence-corrected chi connectivity index (χ4v) is 3.12. The molecule has 3 aromatic rings. The molecule has 0 aliphatic carbocycles. The molecular formula is C22H21F3N4O3. The van der Waals surface area contributed by atoms with Gasteiger partial charge in [0, 0.05) is 18.3 Å². The number of anilines is 1. The van der Waals surface area contributed by atoms with Crippen molar-refractivity contribution in [1.29, 1.82) is 0 Å². The summed E-state index contributed by atoms with van der Waals surface area (Å²) >= 11 is 0. The molecule has 0 bridgehead atoms. The molecular weight excluding hydrogens is 425 g/mol. The van der Waals surface area contributed by atoms with Crippen LogP contribution in [0, 0.1) is 6.92 Å². The number of hydrogen-bond acceptors (Lipinski definition) is 7. The van der Waals surface area contributed by atoms with Crippen molar-refractivity contribution in [3.63, 3.8) is 0 Å². The molecule has 1 aliphatic rings. The molecule has 1 aliphatic heterocycles. The van der Waals surface area contributed by atoms with Crippen LogP contribution in [0.15, 0.2) is 42.6 Å². The van der Waals surface area contributed by atoms with Crippen LogP contribution in [0.4, 0.5) is 19.1 Å². The van der Waals surface area contributed by atoms with Crippen LogP contribution < -0.4 is 10.1 Å². The van der Waals surface area contributed by atoms with E-state index in [0.29, 0.717) is 12.2 Å². The van der Waals surface area contributed by atoms with Gasteiger partial charge in [-0.15, -0.1) is 0 Å². The number of nitrogens with one attached hydrogen (secondary N) is 1. The second kappa shape index (κ2) is 9.09. The maximum Gasteiger partial charge on any atom is 0.423 e. The van der Waals surface area contributed by atoms with Crippen LogP contribution >= 0.6 is 0 Å². The Hall–Kier alpha value is -3.24. The first-order valence-electron chi connectivity index (χ1n) is 9.92. The summed E-state index contributed by atoms with van der Waals surface area (Å²) < 4.78 is 49.9. The number of aliphatic hydroxyl groups excluding tert-OH is 1. The summed E-state index contributed by atoms with van der Waals surface area (Å²) in [7, 11) is 0. The molecule has 0 atom stereocenters. The predicted octanol–water partition coefficient (Wildman–Crippen LogP) is 3.75. The van der Waals surface area contributed by atoms with Gasteiger partial charge in [0.1, 0.15) is 11.7 Å². The summed E-state index contributed by atoms with van der Waals surface area (Å²) in [6.07, 6.45) is -4.35. The SMILES string of the molecule is Cc1cc(CO)nc(-c2ccc(CNc3ncc(C(F)(F)F)c(OC4COC4)n3)cc2)c1. The quantitative estimate of drug-likeness (QED) is 0.571. The van der Waals surface area contributed by atoms with Crippen LogP contribution in [0.3, 0.4) is 0 Å². The Kier molecular flexibility index (Phi) is 6.24. The first-order chi connectivity index (χ1) is 15.3. The fraction of sp³-hybridized carbons (Fsp3) is 0.318. The van der Waals surface area contributed by atoms with E-state index >= 15 is 0 Å².